The van der Waals surface area contributed by atoms with E-state index >= 15 is 0 Å². The number of fused-ring (bicyclic) bond motifs is 3. The molecular weight excluding hydrogens is 596 g/mol. The highest BCUT2D eigenvalue weighted by Gasteiger charge is 2.55. The topological polar surface area (TPSA) is 97.8 Å². The van der Waals surface area contributed by atoms with E-state index in [9.17, 15) is 14.7 Å². The Bertz CT molecular complexity index is 1740. The second-order valence-corrected chi connectivity index (χ2v) is 12.0. The zero-order valence-corrected chi connectivity index (χ0v) is 25.2. The largest absolute Gasteiger partial charge is 0.496 e. The number of aromatic nitrogens is 1. The van der Waals surface area contributed by atoms with Gasteiger partial charge in [0.2, 0.25) is 0 Å². The van der Waals surface area contributed by atoms with Crippen molar-refractivity contribution in [2.45, 2.75) is 38.1 Å². The number of nitrogens with one attached hydrogen (secondary N) is 1. The fraction of sp³-hybridized carbons (Fsp3) is 0.265. The smallest absolute Gasteiger partial charge is 0.313 e. The summed E-state index contributed by atoms with van der Waals surface area (Å²) in [5.41, 5.74) is 3.23. The molecule has 0 radical (unpaired) electrons. The number of aliphatic carboxylic acids is 1. The number of hydrogen-bond acceptors (Lipinski definition) is 5. The van der Waals surface area contributed by atoms with Crippen molar-refractivity contribution in [1.29, 1.82) is 0 Å². The average molecular weight is 628 g/mol. The molecule has 214 valence electrons. The van der Waals surface area contributed by atoms with Crippen molar-refractivity contribution < 1.29 is 24.2 Å². The van der Waals surface area contributed by atoms with Crippen LogP contribution in [-0.4, -0.2) is 41.7 Å². The van der Waals surface area contributed by atoms with E-state index in [4.69, 9.17) is 14.5 Å². The molecule has 4 aromatic rings. The highest BCUT2D eigenvalue weighted by atomic mass is 79.9. The van der Waals surface area contributed by atoms with Crippen LogP contribution in [0.3, 0.4) is 0 Å². The minimum absolute atomic E-state index is 0.236. The second-order valence-electron chi connectivity index (χ2n) is 11.1. The number of carbonyl (C=O) groups excluding carboxylic acids is 1. The van der Waals surface area contributed by atoms with Crippen molar-refractivity contribution in [2.75, 3.05) is 14.2 Å². The van der Waals surface area contributed by atoms with Gasteiger partial charge in [0.1, 0.15) is 11.5 Å². The number of carbonyl (C=O) groups is 2. The van der Waals surface area contributed by atoms with Crippen LogP contribution >= 0.6 is 15.9 Å². The molecule has 42 heavy (non-hydrogen) atoms. The molecule has 2 N–H and O–H groups in total. The Morgan fingerprint density at radius 1 is 0.929 bits per heavy atom. The molecule has 3 aliphatic carbocycles. The molecule has 0 spiro atoms. The van der Waals surface area contributed by atoms with Crippen molar-refractivity contribution in [1.82, 2.24) is 10.3 Å². The van der Waals surface area contributed by atoms with Gasteiger partial charge in [-0.2, -0.15) is 0 Å². The quantitative estimate of drug-likeness (QED) is 0.225. The normalized spacial score (nSPS) is 21.1. The van der Waals surface area contributed by atoms with Crippen molar-refractivity contribution in [3.8, 4) is 22.8 Å². The van der Waals surface area contributed by atoms with Gasteiger partial charge in [0.15, 0.2) is 0 Å². The third kappa shape index (κ3) is 4.45. The second kappa shape index (κ2) is 10.6. The molecule has 7 nitrogen and oxygen atoms in total. The van der Waals surface area contributed by atoms with Crippen LogP contribution in [0.25, 0.3) is 27.7 Å². The van der Waals surface area contributed by atoms with Gasteiger partial charge in [0.25, 0.3) is 5.91 Å². The zero-order chi connectivity index (χ0) is 29.6. The monoisotopic (exact) mass is 626 g/mol. The first-order valence-corrected chi connectivity index (χ1v) is 14.7. The number of pyridine rings is 1. The predicted octanol–water partition coefficient (Wildman–Crippen LogP) is 7.20. The third-order valence-corrected chi connectivity index (χ3v) is 9.37. The number of carboxylic acid groups (broad SMARTS) is 1. The first kappa shape index (κ1) is 28.0. The lowest BCUT2D eigenvalue weighted by atomic mass is 9.57. The minimum atomic E-state index is -1.02. The molecule has 0 aliphatic heterocycles. The lowest BCUT2D eigenvalue weighted by Gasteiger charge is -2.51. The summed E-state index contributed by atoms with van der Waals surface area (Å²) in [7, 11) is 3.15. The van der Waals surface area contributed by atoms with Gasteiger partial charge in [-0.25, -0.2) is 4.98 Å². The van der Waals surface area contributed by atoms with Crippen molar-refractivity contribution >= 4 is 44.3 Å². The van der Waals surface area contributed by atoms with E-state index < -0.39 is 16.9 Å². The van der Waals surface area contributed by atoms with Crippen LogP contribution in [-0.2, 0) is 4.79 Å². The molecule has 3 aromatic carbocycles. The van der Waals surface area contributed by atoms with Crippen molar-refractivity contribution in [3.05, 3.63) is 94.0 Å². The summed E-state index contributed by atoms with van der Waals surface area (Å²) < 4.78 is 12.3. The van der Waals surface area contributed by atoms with Crippen LogP contribution in [0.5, 0.6) is 11.5 Å². The Morgan fingerprint density at radius 3 is 2.21 bits per heavy atom. The number of carboxylic acids is 1. The van der Waals surface area contributed by atoms with E-state index in [1.165, 1.54) is 0 Å². The summed E-state index contributed by atoms with van der Waals surface area (Å²) in [5, 5.41) is 14.4. The molecule has 1 aromatic heterocycles. The Morgan fingerprint density at radius 2 is 1.60 bits per heavy atom. The Labute approximate surface area is 252 Å². The molecular formula is C34H31BrN2O5. The zero-order valence-electron chi connectivity index (χ0n) is 23.7. The Balaban J connectivity index is 1.53. The Hall–Kier alpha value is -4.17. The molecule has 2 bridgehead atoms. The number of rotatable bonds is 7. The maximum Gasteiger partial charge on any atom is 0.313 e. The SMILES string of the molecule is COc1cccc(OC)c1C1=CC2(C(=O)O)CCC1(NC(=O)c1c(C)c(-c3ccccc3)nc3ccc(Br)cc13)CC2. The fourth-order valence-electron chi connectivity index (χ4n) is 6.63. The van der Waals surface area contributed by atoms with E-state index in [2.05, 4.69) is 21.2 Å². The molecule has 1 amide bonds. The number of ether oxygens (including phenoxy) is 2. The Kier molecular flexibility index (Phi) is 7.05. The first-order chi connectivity index (χ1) is 20.2. The molecule has 1 saturated carbocycles. The van der Waals surface area contributed by atoms with Crippen LogP contribution in [0.15, 0.2) is 77.3 Å². The maximum atomic E-state index is 14.6. The highest BCUT2D eigenvalue weighted by molar-refractivity contribution is 9.10. The number of amides is 1. The van der Waals surface area contributed by atoms with Crippen LogP contribution < -0.4 is 14.8 Å². The van der Waals surface area contributed by atoms with E-state index in [0.29, 0.717) is 59.4 Å². The summed E-state index contributed by atoms with van der Waals surface area (Å²) in [6, 6.07) is 21.1. The van der Waals surface area contributed by atoms with Crippen molar-refractivity contribution in [3.63, 3.8) is 0 Å². The van der Waals surface area contributed by atoms with Gasteiger partial charge in [-0.15, -0.1) is 0 Å². The highest BCUT2D eigenvalue weighted by Crippen LogP contribution is 2.57. The van der Waals surface area contributed by atoms with E-state index in [0.717, 1.165) is 26.7 Å². The van der Waals surface area contributed by atoms with Crippen molar-refractivity contribution in [2.24, 2.45) is 5.41 Å². The van der Waals surface area contributed by atoms with Gasteiger partial charge in [-0.05, 0) is 74.1 Å². The standard InChI is InChI=1S/C34H31BrN2O5/c1-20-28(23-18-22(35)12-13-25(23)36-30(20)21-8-5-4-6-9-21)31(38)37-34-16-14-33(15-17-34,32(39)40)19-24(34)29-26(41-2)10-7-11-27(29)42-3/h4-13,18-19H,14-17H2,1-3H3,(H,37,38)(H,39,40). The lowest BCUT2D eigenvalue weighted by Crippen LogP contribution is -2.57. The van der Waals surface area contributed by atoms with E-state index in [1.54, 1.807) is 14.2 Å². The minimum Gasteiger partial charge on any atom is -0.496 e. The number of nitrogens with zero attached hydrogens (tertiary/aromatic N) is 1. The third-order valence-electron chi connectivity index (χ3n) is 8.87. The lowest BCUT2D eigenvalue weighted by molar-refractivity contribution is -0.148. The molecule has 0 atom stereocenters. The molecule has 3 aliphatic rings. The summed E-state index contributed by atoms with van der Waals surface area (Å²) in [6.07, 6.45) is 3.60. The number of methoxy groups -OCH3 is 2. The van der Waals surface area contributed by atoms with Gasteiger partial charge in [-0.1, -0.05) is 58.4 Å². The molecule has 8 heteroatoms. The predicted molar refractivity (Wildman–Crippen MR) is 166 cm³/mol. The summed E-state index contributed by atoms with van der Waals surface area (Å²) >= 11 is 3.57. The van der Waals surface area contributed by atoms with Gasteiger partial charge in [-0.3, -0.25) is 9.59 Å². The molecule has 7 rings (SSSR count). The van der Waals surface area contributed by atoms with Gasteiger partial charge in [0, 0.05) is 15.4 Å². The van der Waals surface area contributed by atoms with E-state index in [1.807, 2.05) is 79.7 Å². The van der Waals surface area contributed by atoms with Crippen LogP contribution in [0, 0.1) is 12.3 Å². The van der Waals surface area contributed by atoms with Gasteiger partial charge < -0.3 is 19.9 Å². The van der Waals surface area contributed by atoms with Crippen LogP contribution in [0.4, 0.5) is 0 Å². The van der Waals surface area contributed by atoms with Gasteiger partial charge >= 0.3 is 5.97 Å². The van der Waals surface area contributed by atoms with E-state index in [-0.39, 0.29) is 5.91 Å². The number of hydrogen-bond donors (Lipinski definition) is 2. The summed E-state index contributed by atoms with van der Waals surface area (Å²) in [4.78, 5) is 32.1. The molecule has 1 fully saturated rings. The molecule has 0 saturated heterocycles. The van der Waals surface area contributed by atoms with Gasteiger partial charge in [0.05, 0.1) is 47.5 Å². The first-order valence-electron chi connectivity index (χ1n) is 13.9. The van der Waals surface area contributed by atoms with Crippen LogP contribution in [0.2, 0.25) is 0 Å². The summed E-state index contributed by atoms with van der Waals surface area (Å²) in [5.74, 6) is 0.0211. The molecule has 0 unspecified atom stereocenters. The van der Waals surface area contributed by atoms with Crippen LogP contribution in [0.1, 0.15) is 47.2 Å². The maximum absolute atomic E-state index is 14.6. The summed E-state index contributed by atoms with van der Waals surface area (Å²) in [6.45, 7) is 1.93. The fourth-order valence-corrected chi connectivity index (χ4v) is 6.99. The average Bonchev–Trinajstić information content (AvgIpc) is 3.01. The molecule has 1 heterocycles. The number of benzene rings is 3. The number of halogens is 1.